The summed E-state index contributed by atoms with van der Waals surface area (Å²) in [6, 6.07) is 10.5. The number of carbonyl (C=O) groups is 1. The fourth-order valence-corrected chi connectivity index (χ4v) is 5.17. The van der Waals surface area contributed by atoms with Crippen LogP contribution >= 0.6 is 11.3 Å². The van der Waals surface area contributed by atoms with Gasteiger partial charge in [0, 0.05) is 34.3 Å². The molecular weight excluding hydrogens is 448 g/mol. The fraction of sp³-hybridized carbons (Fsp3) is 0.240. The van der Waals surface area contributed by atoms with Crippen molar-refractivity contribution < 1.29 is 28.5 Å². The van der Waals surface area contributed by atoms with Crippen molar-refractivity contribution >= 4 is 28.2 Å². The predicted octanol–water partition coefficient (Wildman–Crippen LogP) is 6.27. The number of fused-ring (bicyclic) bond motifs is 1. The number of carboxylic acids is 1. The smallest absolute Gasteiger partial charge is 0.345 e. The van der Waals surface area contributed by atoms with Crippen molar-refractivity contribution in [1.82, 2.24) is 4.57 Å². The number of rotatable bonds is 6. The van der Waals surface area contributed by atoms with Crippen LogP contribution < -0.4 is 0 Å². The molecule has 0 aliphatic rings. The minimum absolute atomic E-state index is 0.120. The summed E-state index contributed by atoms with van der Waals surface area (Å²) in [6.45, 7) is 5.83. The Morgan fingerprint density at radius 1 is 1.12 bits per heavy atom. The molecule has 172 valence electrons. The van der Waals surface area contributed by atoms with Gasteiger partial charge in [0.1, 0.15) is 10.7 Å². The number of phenols is 1. The predicted molar refractivity (Wildman–Crippen MR) is 125 cm³/mol. The van der Waals surface area contributed by atoms with Crippen molar-refractivity contribution in [2.75, 3.05) is 13.7 Å². The number of aromatic carboxylic acids is 1. The number of thiophene rings is 1. The molecule has 0 saturated carbocycles. The minimum atomic E-state index is -1.07. The highest BCUT2D eigenvalue weighted by molar-refractivity contribution is 7.17. The molecular formula is C25H23F2NO4S. The van der Waals surface area contributed by atoms with Gasteiger partial charge in [0.15, 0.2) is 11.6 Å². The van der Waals surface area contributed by atoms with Gasteiger partial charge in [0.2, 0.25) is 0 Å². The molecule has 5 nitrogen and oxygen atoms in total. The first-order chi connectivity index (χ1) is 15.6. The number of hydrogen-bond acceptors (Lipinski definition) is 4. The molecule has 2 N–H and O–H groups in total. The van der Waals surface area contributed by atoms with Gasteiger partial charge >= 0.3 is 5.97 Å². The van der Waals surface area contributed by atoms with Gasteiger partial charge in [-0.3, -0.25) is 0 Å². The van der Waals surface area contributed by atoms with E-state index in [1.54, 1.807) is 38.3 Å². The molecule has 0 spiro atoms. The van der Waals surface area contributed by atoms with Gasteiger partial charge in [-0.25, -0.2) is 13.6 Å². The van der Waals surface area contributed by atoms with E-state index >= 15 is 0 Å². The lowest BCUT2D eigenvalue weighted by atomic mass is 9.86. The summed E-state index contributed by atoms with van der Waals surface area (Å²) in [5.74, 6) is -2.74. The number of nitrogens with zero attached hydrogens (tertiary/aromatic N) is 1. The number of aromatic nitrogens is 1. The first-order valence-electron chi connectivity index (χ1n) is 10.2. The first kappa shape index (κ1) is 22.9. The maximum absolute atomic E-state index is 14.6. The standard InChI is InChI=1S/C25H23F2NO4S/c1-13-11-14(5-6-15(13)26)28-17-8-7-16(27)22(29)20(17)21(23(28)25(2,3)12-32-4)18-9-10-19(33-18)24(30)31/h5-11,29H,12H2,1-4H3,(H,30,31). The van der Waals surface area contributed by atoms with E-state index in [-0.39, 0.29) is 22.7 Å². The molecule has 0 bridgehead atoms. The number of aromatic hydroxyl groups is 1. The summed E-state index contributed by atoms with van der Waals surface area (Å²) in [6.07, 6.45) is 0. The molecule has 4 aromatic rings. The summed E-state index contributed by atoms with van der Waals surface area (Å²) in [5, 5.41) is 20.5. The minimum Gasteiger partial charge on any atom is -0.504 e. The Labute approximate surface area is 193 Å². The largest absolute Gasteiger partial charge is 0.504 e. The third-order valence-electron chi connectivity index (χ3n) is 5.67. The molecule has 0 saturated heterocycles. The highest BCUT2D eigenvalue weighted by Gasteiger charge is 2.34. The summed E-state index contributed by atoms with van der Waals surface area (Å²) in [7, 11) is 1.57. The van der Waals surface area contributed by atoms with Crippen molar-refractivity contribution in [2.45, 2.75) is 26.2 Å². The molecule has 33 heavy (non-hydrogen) atoms. The molecule has 2 aromatic carbocycles. The molecule has 0 fully saturated rings. The Morgan fingerprint density at radius 2 is 1.82 bits per heavy atom. The van der Waals surface area contributed by atoms with Crippen LogP contribution in [0, 0.1) is 18.6 Å². The first-order valence-corrected chi connectivity index (χ1v) is 11.0. The zero-order valence-corrected chi connectivity index (χ0v) is 19.4. The average Bonchev–Trinajstić information content (AvgIpc) is 3.36. The van der Waals surface area contributed by atoms with Crippen molar-refractivity contribution in [3.8, 4) is 21.9 Å². The molecule has 2 heterocycles. The summed E-state index contributed by atoms with van der Waals surface area (Å²) < 4.78 is 36.0. The monoisotopic (exact) mass is 471 g/mol. The van der Waals surface area contributed by atoms with Gasteiger partial charge in [-0.1, -0.05) is 13.8 Å². The Hall–Kier alpha value is -3.23. The van der Waals surface area contributed by atoms with E-state index in [1.165, 1.54) is 18.2 Å². The van der Waals surface area contributed by atoms with Crippen LogP contribution in [0.5, 0.6) is 5.75 Å². The molecule has 2 aromatic heterocycles. The number of halogens is 2. The van der Waals surface area contributed by atoms with Crippen LogP contribution in [0.15, 0.2) is 42.5 Å². The van der Waals surface area contributed by atoms with E-state index in [9.17, 15) is 23.8 Å². The van der Waals surface area contributed by atoms with E-state index in [0.29, 0.717) is 32.9 Å². The fourth-order valence-electron chi connectivity index (χ4n) is 4.27. The lowest BCUT2D eigenvalue weighted by Gasteiger charge is -2.28. The number of aryl methyl sites for hydroxylation is 1. The molecule has 0 aliphatic heterocycles. The lowest BCUT2D eigenvalue weighted by Crippen LogP contribution is -2.27. The average molecular weight is 472 g/mol. The third kappa shape index (κ3) is 3.79. The second kappa shape index (κ2) is 8.28. The number of ether oxygens (including phenoxy) is 1. The Balaban J connectivity index is 2.21. The van der Waals surface area contributed by atoms with Gasteiger partial charge in [-0.2, -0.15) is 0 Å². The van der Waals surface area contributed by atoms with E-state index in [4.69, 9.17) is 4.74 Å². The van der Waals surface area contributed by atoms with Crippen LogP contribution in [0.3, 0.4) is 0 Å². The molecule has 0 atom stereocenters. The number of methoxy groups -OCH3 is 1. The molecule has 0 radical (unpaired) electrons. The number of phenolic OH excluding ortho intramolecular Hbond substituents is 1. The van der Waals surface area contributed by atoms with Crippen LogP contribution in [0.4, 0.5) is 8.78 Å². The van der Waals surface area contributed by atoms with Crippen LogP contribution in [0.1, 0.15) is 34.8 Å². The summed E-state index contributed by atoms with van der Waals surface area (Å²) in [4.78, 5) is 12.2. The normalized spacial score (nSPS) is 11.9. The molecule has 4 rings (SSSR count). The second-order valence-electron chi connectivity index (χ2n) is 8.57. The lowest BCUT2D eigenvalue weighted by molar-refractivity contribution is 0.0702. The van der Waals surface area contributed by atoms with E-state index in [2.05, 4.69) is 0 Å². The van der Waals surface area contributed by atoms with E-state index in [1.807, 2.05) is 18.4 Å². The maximum atomic E-state index is 14.6. The van der Waals surface area contributed by atoms with E-state index < -0.39 is 23.0 Å². The Bertz CT molecular complexity index is 1390. The third-order valence-corrected chi connectivity index (χ3v) is 6.76. The van der Waals surface area contributed by atoms with Crippen molar-refractivity contribution in [1.29, 1.82) is 0 Å². The molecule has 0 amide bonds. The second-order valence-corrected chi connectivity index (χ2v) is 9.65. The number of benzene rings is 2. The zero-order valence-electron chi connectivity index (χ0n) is 18.6. The van der Waals surface area contributed by atoms with Crippen LogP contribution in [0.25, 0.3) is 27.0 Å². The Kier molecular flexibility index (Phi) is 5.76. The topological polar surface area (TPSA) is 71.7 Å². The highest BCUT2D eigenvalue weighted by atomic mass is 32.1. The highest BCUT2D eigenvalue weighted by Crippen LogP contribution is 2.48. The van der Waals surface area contributed by atoms with Gasteiger partial charge in [0.05, 0.1) is 17.5 Å². The van der Waals surface area contributed by atoms with Crippen LogP contribution in [0.2, 0.25) is 0 Å². The summed E-state index contributed by atoms with van der Waals surface area (Å²) in [5.41, 5.74) is 2.13. The van der Waals surface area contributed by atoms with Gasteiger partial charge < -0.3 is 19.5 Å². The molecule has 0 unspecified atom stereocenters. The van der Waals surface area contributed by atoms with Crippen molar-refractivity contribution in [2.24, 2.45) is 0 Å². The van der Waals surface area contributed by atoms with Gasteiger partial charge in [-0.15, -0.1) is 11.3 Å². The van der Waals surface area contributed by atoms with E-state index in [0.717, 1.165) is 11.3 Å². The quantitative estimate of drug-likeness (QED) is 0.348. The Morgan fingerprint density at radius 3 is 2.42 bits per heavy atom. The van der Waals surface area contributed by atoms with Crippen LogP contribution in [-0.4, -0.2) is 34.5 Å². The van der Waals surface area contributed by atoms with Crippen molar-refractivity contribution in [3.63, 3.8) is 0 Å². The zero-order chi connectivity index (χ0) is 24.1. The SMILES string of the molecule is COCC(C)(C)c1c(-c2ccc(C(=O)O)s2)c2c(O)c(F)ccc2n1-c1ccc(F)c(C)c1. The van der Waals surface area contributed by atoms with Crippen LogP contribution in [-0.2, 0) is 10.2 Å². The number of carboxylic acid groups (broad SMARTS) is 1. The summed E-state index contributed by atoms with van der Waals surface area (Å²) >= 11 is 1.04. The molecule has 0 aliphatic carbocycles. The van der Waals surface area contributed by atoms with Crippen molar-refractivity contribution in [3.05, 3.63) is 70.2 Å². The van der Waals surface area contributed by atoms with Gasteiger partial charge in [0.25, 0.3) is 0 Å². The van der Waals surface area contributed by atoms with Gasteiger partial charge in [-0.05, 0) is 55.0 Å². The maximum Gasteiger partial charge on any atom is 0.345 e. The number of hydrogen-bond donors (Lipinski definition) is 2. The molecule has 8 heteroatoms.